The average molecular weight is 645 g/mol. The molecule has 1 rings (SSSR count). The first kappa shape index (κ1) is 39.6. The molecule has 1 fully saturated rings. The van der Waals surface area contributed by atoms with E-state index in [-0.39, 0.29) is 18.2 Å². The minimum Gasteiger partial charge on any atom is -0.480 e. The van der Waals surface area contributed by atoms with Gasteiger partial charge in [0.15, 0.2) is 0 Å². The first-order chi connectivity index (χ1) is 21.5. The molecule has 0 saturated carbocycles. The van der Waals surface area contributed by atoms with Crippen LogP contribution in [-0.2, 0) is 14.4 Å². The molecule has 246 valence electrons. The van der Waals surface area contributed by atoms with Crippen molar-refractivity contribution in [3.05, 3.63) is 72.9 Å². The summed E-state index contributed by atoms with van der Waals surface area (Å²) in [7, 11) is 3.93. The van der Waals surface area contributed by atoms with Crippen LogP contribution in [0.1, 0.15) is 110 Å². The summed E-state index contributed by atoms with van der Waals surface area (Å²) in [6.45, 7) is 2.68. The van der Waals surface area contributed by atoms with E-state index in [1.54, 1.807) is 0 Å². The van der Waals surface area contributed by atoms with Gasteiger partial charge in [-0.05, 0) is 83.5 Å². The number of hydrogen-bond acceptors (Lipinski definition) is 5. The molecule has 0 radical (unpaired) electrons. The van der Waals surface area contributed by atoms with Crippen LogP contribution in [0.25, 0.3) is 0 Å². The van der Waals surface area contributed by atoms with Crippen LogP contribution in [-0.4, -0.2) is 46.5 Å². The van der Waals surface area contributed by atoms with E-state index in [4.69, 9.17) is 0 Å². The number of unbranched alkanes of at least 4 members (excludes halogenated alkanes) is 2. The van der Waals surface area contributed by atoms with Gasteiger partial charge < -0.3 is 15.7 Å². The molecular formula is C36H56N2O4S2. The second-order valence-corrected chi connectivity index (χ2v) is 13.6. The number of hydrogen-bond donors (Lipinski definition) is 3. The van der Waals surface area contributed by atoms with Gasteiger partial charge in [-0.25, -0.2) is 4.79 Å². The van der Waals surface area contributed by atoms with E-state index in [0.29, 0.717) is 38.6 Å². The number of carboxylic acid groups (broad SMARTS) is 1. The lowest BCUT2D eigenvalue weighted by atomic mass is 10.1. The number of aliphatic carboxylic acids is 1. The van der Waals surface area contributed by atoms with Gasteiger partial charge in [-0.3, -0.25) is 9.59 Å². The van der Waals surface area contributed by atoms with Gasteiger partial charge in [0.2, 0.25) is 11.8 Å². The Morgan fingerprint density at radius 2 is 1.34 bits per heavy atom. The van der Waals surface area contributed by atoms with Gasteiger partial charge >= 0.3 is 5.97 Å². The van der Waals surface area contributed by atoms with E-state index in [2.05, 4.69) is 78.3 Å². The number of nitrogens with one attached hydrogen (secondary N) is 2. The maximum atomic E-state index is 12.2. The summed E-state index contributed by atoms with van der Waals surface area (Å²) >= 11 is 0. The summed E-state index contributed by atoms with van der Waals surface area (Å²) in [4.78, 5) is 35.8. The first-order valence-corrected chi connectivity index (χ1v) is 18.9. The Morgan fingerprint density at radius 3 is 1.89 bits per heavy atom. The van der Waals surface area contributed by atoms with Crippen LogP contribution < -0.4 is 10.6 Å². The Labute approximate surface area is 274 Å². The third-order valence-corrected chi connectivity index (χ3v) is 9.92. The molecule has 0 bridgehead atoms. The van der Waals surface area contributed by atoms with E-state index in [9.17, 15) is 19.5 Å². The number of allylic oxidation sites excluding steroid dienone is 12. The summed E-state index contributed by atoms with van der Waals surface area (Å²) in [5.41, 5.74) is 0. The van der Waals surface area contributed by atoms with Crippen molar-refractivity contribution in [1.29, 1.82) is 0 Å². The zero-order chi connectivity index (χ0) is 31.9. The fourth-order valence-corrected chi connectivity index (χ4v) is 7.42. The van der Waals surface area contributed by atoms with Gasteiger partial charge in [-0.1, -0.05) is 108 Å². The van der Waals surface area contributed by atoms with Gasteiger partial charge in [-0.2, -0.15) is 0 Å². The predicted molar refractivity (Wildman–Crippen MR) is 191 cm³/mol. The molecule has 2 atom stereocenters. The lowest BCUT2D eigenvalue weighted by Crippen LogP contribution is -2.40. The van der Waals surface area contributed by atoms with Gasteiger partial charge in [0.05, 0.1) is 0 Å². The summed E-state index contributed by atoms with van der Waals surface area (Å²) in [6, 6.07) is -0.893. The number of amides is 2. The Balaban J connectivity index is 2.03. The molecule has 2 amide bonds. The maximum Gasteiger partial charge on any atom is 0.326 e. The molecule has 0 unspecified atom stereocenters. The second kappa shape index (κ2) is 29.3. The van der Waals surface area contributed by atoms with E-state index in [1.165, 1.54) is 18.6 Å². The zero-order valence-electron chi connectivity index (χ0n) is 26.8. The largest absolute Gasteiger partial charge is 0.480 e. The van der Waals surface area contributed by atoms with Gasteiger partial charge in [-0.15, -0.1) is 0 Å². The molecule has 44 heavy (non-hydrogen) atoms. The van der Waals surface area contributed by atoms with Gasteiger partial charge in [0.1, 0.15) is 6.04 Å². The lowest BCUT2D eigenvalue weighted by molar-refractivity contribution is -0.142. The summed E-state index contributed by atoms with van der Waals surface area (Å²) in [5.74, 6) is 0.0398. The Bertz CT molecular complexity index is 950. The topological polar surface area (TPSA) is 95.5 Å². The van der Waals surface area contributed by atoms with Gasteiger partial charge in [0, 0.05) is 30.4 Å². The lowest BCUT2D eigenvalue weighted by Gasteiger charge is -2.14. The molecule has 0 aromatic heterocycles. The van der Waals surface area contributed by atoms with Crippen molar-refractivity contribution >= 4 is 39.4 Å². The van der Waals surface area contributed by atoms with Crippen molar-refractivity contribution in [3.63, 3.8) is 0 Å². The molecule has 0 spiro atoms. The average Bonchev–Trinajstić information content (AvgIpc) is 3.53. The molecule has 0 aromatic rings. The Morgan fingerprint density at radius 1 is 0.750 bits per heavy atom. The van der Waals surface area contributed by atoms with E-state index < -0.39 is 12.0 Å². The van der Waals surface area contributed by atoms with Crippen molar-refractivity contribution < 1.29 is 19.5 Å². The smallest absolute Gasteiger partial charge is 0.326 e. The van der Waals surface area contributed by atoms with E-state index >= 15 is 0 Å². The van der Waals surface area contributed by atoms with Crippen LogP contribution in [0.15, 0.2) is 72.9 Å². The predicted octanol–water partition coefficient (Wildman–Crippen LogP) is 9.03. The molecule has 0 aliphatic carbocycles. The molecule has 1 aliphatic heterocycles. The van der Waals surface area contributed by atoms with E-state index in [0.717, 1.165) is 56.6 Å². The minimum absolute atomic E-state index is 0.0657. The quantitative estimate of drug-likeness (QED) is 0.0494. The highest BCUT2D eigenvalue weighted by Gasteiger charge is 2.19. The Hall–Kier alpha value is -2.45. The van der Waals surface area contributed by atoms with Crippen LogP contribution in [0.4, 0.5) is 0 Å². The van der Waals surface area contributed by atoms with Crippen molar-refractivity contribution in [2.45, 2.75) is 121 Å². The highest BCUT2D eigenvalue weighted by molar-refractivity contribution is 8.77. The fourth-order valence-electron chi connectivity index (χ4n) is 4.39. The molecule has 1 heterocycles. The van der Waals surface area contributed by atoms with Crippen molar-refractivity contribution in [1.82, 2.24) is 10.6 Å². The molecule has 3 N–H and O–H groups in total. The molecule has 0 aromatic carbocycles. The van der Waals surface area contributed by atoms with Crippen molar-refractivity contribution in [2.75, 3.05) is 12.3 Å². The molecule has 6 nitrogen and oxygen atoms in total. The van der Waals surface area contributed by atoms with Gasteiger partial charge in [0.25, 0.3) is 0 Å². The number of carboxylic acids is 1. The van der Waals surface area contributed by atoms with Crippen molar-refractivity contribution in [3.8, 4) is 0 Å². The number of carbonyl (C=O) groups is 3. The highest BCUT2D eigenvalue weighted by Crippen LogP contribution is 2.39. The number of rotatable bonds is 26. The third-order valence-electron chi connectivity index (χ3n) is 6.92. The summed E-state index contributed by atoms with van der Waals surface area (Å²) in [6.07, 6.45) is 39.0. The van der Waals surface area contributed by atoms with Crippen LogP contribution in [0, 0.1) is 0 Å². The van der Waals surface area contributed by atoms with Crippen molar-refractivity contribution in [2.24, 2.45) is 0 Å². The molecule has 1 saturated heterocycles. The minimum atomic E-state index is -1.02. The maximum absolute atomic E-state index is 12.2. The molecule has 1 aliphatic rings. The number of carbonyl (C=O) groups excluding carboxylic acids is 2. The van der Waals surface area contributed by atoms with E-state index in [1.807, 2.05) is 33.7 Å². The monoisotopic (exact) mass is 644 g/mol. The van der Waals surface area contributed by atoms with Crippen LogP contribution in [0.3, 0.4) is 0 Å². The molecule has 8 heteroatoms. The highest BCUT2D eigenvalue weighted by atomic mass is 33.1. The second-order valence-electron chi connectivity index (χ2n) is 10.8. The normalized spacial score (nSPS) is 16.4. The van der Waals surface area contributed by atoms with Crippen LogP contribution in [0.5, 0.6) is 0 Å². The summed E-state index contributed by atoms with van der Waals surface area (Å²) in [5, 5.41) is 15.8. The Kier molecular flexibility index (Phi) is 26.3. The summed E-state index contributed by atoms with van der Waals surface area (Å²) < 4.78 is 0. The SMILES string of the molecule is CC/C=C\C/C=C\C/C=C\C/C=C\C/C=C\C/C=C\CCC(=O)N[C@@H](CCCCNC(=O)CCCC[C@@H]1CCSS1)C(=O)O. The first-order valence-electron chi connectivity index (χ1n) is 16.5. The zero-order valence-corrected chi connectivity index (χ0v) is 28.4. The van der Waals surface area contributed by atoms with Crippen LogP contribution >= 0.6 is 21.6 Å². The van der Waals surface area contributed by atoms with Crippen LogP contribution in [0.2, 0.25) is 0 Å². The standard InChI is InChI=1S/C36H56N2O4S2/c1-2-3-4-5-6-7-8-9-10-11-12-13-14-15-16-17-18-19-20-28-35(40)38-33(36(41)42)26-23-24-30-37-34(39)27-22-21-25-32-29-31-43-44-32/h3-4,6-7,9-10,12-13,15-16,18-19,32-33H,2,5,8,11,14,17,20-31H2,1H3,(H,37,39)(H,38,40)(H,41,42)/b4-3-,7-6-,10-9-,13-12-,16-15-,19-18-/t32-,33+/m1/s1. The molecular weight excluding hydrogens is 589 g/mol. The third kappa shape index (κ3) is 24.9. The fraction of sp³-hybridized carbons (Fsp3) is 0.583.